The average molecular weight is 570 g/mol. The fourth-order valence-corrected chi connectivity index (χ4v) is 4.77. The number of para-hydroxylation sites is 2. The Morgan fingerprint density at radius 2 is 1.55 bits per heavy atom. The summed E-state index contributed by atoms with van der Waals surface area (Å²) in [6.45, 7) is -0.323. The Balaban J connectivity index is 1.34. The van der Waals surface area contributed by atoms with Crippen LogP contribution >= 0.6 is 0 Å². The molecule has 2 amide bonds. The number of nitrogens with one attached hydrogen (secondary N) is 4. The molecule has 42 heavy (non-hydrogen) atoms. The number of benzene rings is 3. The fraction of sp³-hybridized carbons (Fsp3) is 0.194. The quantitative estimate of drug-likeness (QED) is 0.120. The fourth-order valence-electron chi connectivity index (χ4n) is 4.77. The third kappa shape index (κ3) is 6.27. The third-order valence-electron chi connectivity index (χ3n) is 7.04. The number of carboxylic acids is 1. The van der Waals surface area contributed by atoms with Crippen molar-refractivity contribution in [2.24, 2.45) is 5.73 Å². The molecule has 0 unspecified atom stereocenters. The molecule has 0 bridgehead atoms. The molecule has 216 valence electrons. The maximum atomic E-state index is 13.2. The van der Waals surface area contributed by atoms with Crippen LogP contribution in [0.1, 0.15) is 21.5 Å². The molecule has 0 fully saturated rings. The number of H-pyrrole nitrogens is 2. The van der Waals surface area contributed by atoms with Crippen LogP contribution < -0.4 is 21.1 Å². The molecule has 0 saturated carbocycles. The first-order valence-electron chi connectivity index (χ1n) is 13.4. The zero-order chi connectivity index (χ0) is 29.6. The van der Waals surface area contributed by atoms with Gasteiger partial charge in [0.2, 0.25) is 5.91 Å². The number of carbonyl (C=O) groups excluding carboxylic acids is 2. The summed E-state index contributed by atoms with van der Waals surface area (Å²) < 4.78 is 6.02. The molecule has 11 heteroatoms. The molecule has 0 aliphatic rings. The van der Waals surface area contributed by atoms with Crippen LogP contribution in [0, 0.1) is 0 Å². The maximum absolute atomic E-state index is 13.2. The number of aliphatic hydroxyl groups is 1. The van der Waals surface area contributed by atoms with Crippen molar-refractivity contribution in [3.05, 3.63) is 95.8 Å². The van der Waals surface area contributed by atoms with E-state index >= 15 is 0 Å². The summed E-state index contributed by atoms with van der Waals surface area (Å²) >= 11 is 0. The molecule has 0 aliphatic heterocycles. The number of anilines is 1. The monoisotopic (exact) mass is 569 g/mol. The third-order valence-corrected chi connectivity index (χ3v) is 7.04. The van der Waals surface area contributed by atoms with Crippen LogP contribution in [0.3, 0.4) is 0 Å². The second-order valence-corrected chi connectivity index (χ2v) is 9.88. The van der Waals surface area contributed by atoms with E-state index in [0.29, 0.717) is 6.42 Å². The van der Waals surface area contributed by atoms with Crippen LogP contribution in [0.5, 0.6) is 5.75 Å². The summed E-state index contributed by atoms with van der Waals surface area (Å²) in [6, 6.07) is 17.4. The van der Waals surface area contributed by atoms with Crippen molar-refractivity contribution in [3.63, 3.8) is 0 Å². The van der Waals surface area contributed by atoms with Crippen molar-refractivity contribution in [1.82, 2.24) is 15.3 Å². The van der Waals surface area contributed by atoms with E-state index in [0.717, 1.165) is 32.9 Å². The topological polar surface area (TPSA) is 183 Å². The van der Waals surface area contributed by atoms with E-state index in [4.69, 9.17) is 10.5 Å². The van der Waals surface area contributed by atoms with Crippen LogP contribution in [-0.4, -0.2) is 63.3 Å². The van der Waals surface area contributed by atoms with E-state index in [2.05, 4.69) is 20.6 Å². The number of carbonyl (C=O) groups is 3. The number of ether oxygens (including phenoxy) is 1. The van der Waals surface area contributed by atoms with Gasteiger partial charge in [-0.25, -0.2) is 4.79 Å². The molecule has 0 saturated heterocycles. The lowest BCUT2D eigenvalue weighted by atomic mass is 10.0. The molecule has 0 radical (unpaired) electrons. The Labute approximate surface area is 240 Å². The Morgan fingerprint density at radius 1 is 0.905 bits per heavy atom. The van der Waals surface area contributed by atoms with Gasteiger partial charge in [0.25, 0.3) is 5.91 Å². The van der Waals surface area contributed by atoms with Gasteiger partial charge in [-0.05, 0) is 41.5 Å². The number of fused-ring (bicyclic) bond motifs is 2. The van der Waals surface area contributed by atoms with Gasteiger partial charge in [0.05, 0.1) is 18.9 Å². The van der Waals surface area contributed by atoms with Gasteiger partial charge in [0, 0.05) is 52.6 Å². The van der Waals surface area contributed by atoms with Crippen LogP contribution in [0.2, 0.25) is 0 Å². The van der Waals surface area contributed by atoms with E-state index in [1.54, 1.807) is 6.20 Å². The Morgan fingerprint density at radius 3 is 2.21 bits per heavy atom. The summed E-state index contributed by atoms with van der Waals surface area (Å²) in [5.74, 6) is -2.22. The average Bonchev–Trinajstić information content (AvgIpc) is 3.61. The molecule has 2 heterocycles. The number of aromatic nitrogens is 2. The van der Waals surface area contributed by atoms with Gasteiger partial charge in [-0.1, -0.05) is 36.4 Å². The van der Waals surface area contributed by atoms with E-state index < -0.39 is 36.5 Å². The number of hydrogen-bond acceptors (Lipinski definition) is 6. The van der Waals surface area contributed by atoms with Crippen molar-refractivity contribution < 1.29 is 29.3 Å². The van der Waals surface area contributed by atoms with E-state index in [9.17, 15) is 24.6 Å². The van der Waals surface area contributed by atoms with Crippen molar-refractivity contribution >= 4 is 45.3 Å². The molecule has 3 aromatic carbocycles. The van der Waals surface area contributed by atoms with E-state index in [1.807, 2.05) is 54.7 Å². The van der Waals surface area contributed by atoms with Crippen molar-refractivity contribution in [2.45, 2.75) is 24.9 Å². The van der Waals surface area contributed by atoms with Gasteiger partial charge in [0.15, 0.2) is 0 Å². The van der Waals surface area contributed by atoms with Crippen molar-refractivity contribution in [2.75, 3.05) is 18.5 Å². The standard InChI is InChI=1S/C31H31N5O6/c32-23(17-37)30(39)35-26-10-9-18(14-28(26)42-12-11-19-15-33-24-7-3-1-5-21(19)24)29(38)36-27(31(40)41)13-20-16-34-25-8-4-2-6-22(20)25/h1-10,14-16,23,27,33-34,37H,11-13,17,32H2,(H,35,39)(H,36,38)(H,40,41)/t23-,27-/m0/s1. The van der Waals surface area contributed by atoms with Crippen LogP contribution in [-0.2, 0) is 22.4 Å². The number of amides is 2. The highest BCUT2D eigenvalue weighted by atomic mass is 16.5. The smallest absolute Gasteiger partial charge is 0.326 e. The minimum Gasteiger partial charge on any atom is -0.491 e. The second kappa shape index (κ2) is 12.6. The molecule has 5 rings (SSSR count). The first-order chi connectivity index (χ1) is 20.3. The van der Waals surface area contributed by atoms with Gasteiger partial charge in [-0.15, -0.1) is 0 Å². The lowest BCUT2D eigenvalue weighted by molar-refractivity contribution is -0.139. The number of carboxylic acid groups (broad SMARTS) is 1. The van der Waals surface area contributed by atoms with Gasteiger partial charge in [-0.2, -0.15) is 0 Å². The lowest BCUT2D eigenvalue weighted by Gasteiger charge is -2.17. The van der Waals surface area contributed by atoms with E-state index in [1.165, 1.54) is 18.2 Å². The summed E-state index contributed by atoms with van der Waals surface area (Å²) in [6.07, 6.45) is 4.25. The molecule has 2 atom stereocenters. The van der Waals surface area contributed by atoms with Crippen molar-refractivity contribution in [1.29, 1.82) is 0 Å². The highest BCUT2D eigenvalue weighted by Gasteiger charge is 2.24. The van der Waals surface area contributed by atoms with Crippen molar-refractivity contribution in [3.8, 4) is 5.75 Å². The predicted molar refractivity (Wildman–Crippen MR) is 159 cm³/mol. The Kier molecular flexibility index (Phi) is 8.51. The number of aliphatic hydroxyl groups excluding tert-OH is 1. The zero-order valence-electron chi connectivity index (χ0n) is 22.6. The summed E-state index contributed by atoms with van der Waals surface area (Å²) in [7, 11) is 0. The number of aliphatic carboxylic acids is 1. The highest BCUT2D eigenvalue weighted by Crippen LogP contribution is 2.28. The minimum absolute atomic E-state index is 0.0756. The SMILES string of the molecule is N[C@@H](CO)C(=O)Nc1ccc(C(=O)N[C@@H](Cc2c[nH]c3ccccc23)C(=O)O)cc1OCCc1c[nH]c2ccccc12. The van der Waals surface area contributed by atoms with Gasteiger partial charge < -0.3 is 41.3 Å². The molecule has 11 nitrogen and oxygen atoms in total. The Bertz CT molecular complexity index is 1740. The molecule has 8 N–H and O–H groups in total. The number of aromatic amines is 2. The normalized spacial score (nSPS) is 12.6. The largest absolute Gasteiger partial charge is 0.491 e. The first-order valence-corrected chi connectivity index (χ1v) is 13.4. The highest BCUT2D eigenvalue weighted by molar-refractivity contribution is 6.00. The van der Waals surface area contributed by atoms with Gasteiger partial charge in [-0.3, -0.25) is 9.59 Å². The summed E-state index contributed by atoms with van der Waals surface area (Å²) in [5.41, 5.74) is 9.72. The lowest BCUT2D eigenvalue weighted by Crippen LogP contribution is -2.42. The van der Waals surface area contributed by atoms with E-state index in [-0.39, 0.29) is 30.0 Å². The molecular weight excluding hydrogens is 538 g/mol. The molecular formula is C31H31N5O6. The van der Waals surface area contributed by atoms with Crippen LogP contribution in [0.4, 0.5) is 5.69 Å². The Hall–Kier alpha value is -5.13. The number of hydrogen-bond donors (Lipinski definition) is 7. The van der Waals surface area contributed by atoms with Gasteiger partial charge >= 0.3 is 5.97 Å². The van der Waals surface area contributed by atoms with Crippen LogP contribution in [0.25, 0.3) is 21.8 Å². The molecule has 2 aromatic heterocycles. The molecule has 0 aliphatic carbocycles. The van der Waals surface area contributed by atoms with Crippen LogP contribution in [0.15, 0.2) is 79.1 Å². The number of nitrogens with two attached hydrogens (primary N) is 1. The summed E-state index contributed by atoms with van der Waals surface area (Å²) in [4.78, 5) is 44.0. The minimum atomic E-state index is -1.19. The predicted octanol–water partition coefficient (Wildman–Crippen LogP) is 2.95. The maximum Gasteiger partial charge on any atom is 0.326 e. The van der Waals surface area contributed by atoms with Gasteiger partial charge in [0.1, 0.15) is 17.8 Å². The number of rotatable bonds is 12. The molecule has 5 aromatic rings. The molecule has 0 spiro atoms. The zero-order valence-corrected chi connectivity index (χ0v) is 22.6. The first kappa shape index (κ1) is 28.4. The second-order valence-electron chi connectivity index (χ2n) is 9.88. The summed E-state index contributed by atoms with van der Waals surface area (Å²) in [5, 5.41) is 26.3.